The molecule has 0 amide bonds. The number of carbonyl (C=O) groups is 1. The molecule has 0 radical (unpaired) electrons. The molecule has 0 saturated heterocycles. The summed E-state index contributed by atoms with van der Waals surface area (Å²) in [6, 6.07) is 2.32. The smallest absolute Gasteiger partial charge is 0.317 e. The molecule has 0 saturated carbocycles. The van der Waals surface area contributed by atoms with Gasteiger partial charge in [0.1, 0.15) is 0 Å². The van der Waals surface area contributed by atoms with Gasteiger partial charge < -0.3 is 5.11 Å². The molecular formula is C9H10BrNO2S. The van der Waals surface area contributed by atoms with Crippen molar-refractivity contribution in [2.45, 2.75) is 18.9 Å². The minimum Gasteiger partial charge on any atom is -0.480 e. The van der Waals surface area contributed by atoms with E-state index in [4.69, 9.17) is 5.11 Å². The molecule has 1 aromatic heterocycles. The number of rotatable bonds is 3. The number of aryl methyl sites for hydroxylation is 1. The number of hydrogen-bond acceptors (Lipinski definition) is 3. The fourth-order valence-corrected chi connectivity index (χ4v) is 3.55. The van der Waals surface area contributed by atoms with Crippen molar-refractivity contribution in [3.05, 3.63) is 20.3 Å². The van der Waals surface area contributed by atoms with Gasteiger partial charge in [0.05, 0.1) is 10.3 Å². The molecule has 1 aromatic rings. The maximum absolute atomic E-state index is 10.4. The van der Waals surface area contributed by atoms with Crippen LogP contribution in [0.5, 0.6) is 0 Å². The Labute approximate surface area is 94.3 Å². The molecule has 1 aliphatic carbocycles. The van der Waals surface area contributed by atoms with Gasteiger partial charge in [-0.05, 0) is 40.4 Å². The Kier molecular flexibility index (Phi) is 2.90. The van der Waals surface area contributed by atoms with Crippen LogP contribution in [0.15, 0.2) is 9.85 Å². The second-order valence-corrected chi connectivity index (χ2v) is 5.81. The average Bonchev–Trinajstić information content (AvgIpc) is 2.60. The van der Waals surface area contributed by atoms with Crippen molar-refractivity contribution in [3.63, 3.8) is 0 Å². The van der Waals surface area contributed by atoms with Gasteiger partial charge >= 0.3 is 5.97 Å². The molecule has 0 spiro atoms. The van der Waals surface area contributed by atoms with E-state index in [1.807, 2.05) is 0 Å². The van der Waals surface area contributed by atoms with Gasteiger partial charge in [0.2, 0.25) is 0 Å². The minimum atomic E-state index is -0.798. The predicted molar refractivity (Wildman–Crippen MR) is 58.7 cm³/mol. The number of nitrogens with one attached hydrogen (secondary N) is 1. The summed E-state index contributed by atoms with van der Waals surface area (Å²) in [4.78, 5) is 11.8. The number of fused-ring (bicyclic) bond motifs is 1. The van der Waals surface area contributed by atoms with Gasteiger partial charge in [-0.3, -0.25) is 10.1 Å². The zero-order valence-corrected chi connectivity index (χ0v) is 9.82. The number of aliphatic carboxylic acids is 1. The molecule has 2 rings (SSSR count). The Morgan fingerprint density at radius 3 is 3.29 bits per heavy atom. The van der Waals surface area contributed by atoms with E-state index in [2.05, 4.69) is 27.3 Å². The molecule has 1 unspecified atom stereocenters. The standard InChI is InChI=1S/C9H10BrNO2S/c10-8-3-5-6(11-4-9(12)13)1-2-7(5)14-8/h3,6,11H,1-2,4H2,(H,12,13). The molecule has 5 heteroatoms. The van der Waals surface area contributed by atoms with Gasteiger partial charge in [0.25, 0.3) is 0 Å². The molecule has 0 fully saturated rings. The summed E-state index contributed by atoms with van der Waals surface area (Å²) in [5, 5.41) is 11.6. The molecule has 76 valence electrons. The van der Waals surface area contributed by atoms with E-state index in [0.717, 1.165) is 16.6 Å². The Bertz CT molecular complexity index is 364. The molecule has 1 atom stereocenters. The van der Waals surface area contributed by atoms with Gasteiger partial charge in [-0.1, -0.05) is 0 Å². The molecule has 0 aliphatic heterocycles. The van der Waals surface area contributed by atoms with Gasteiger partial charge in [-0.25, -0.2) is 0 Å². The summed E-state index contributed by atoms with van der Waals surface area (Å²) >= 11 is 5.18. The summed E-state index contributed by atoms with van der Waals surface area (Å²) in [6.45, 7) is 0.0393. The Morgan fingerprint density at radius 1 is 1.79 bits per heavy atom. The Hall–Kier alpha value is -0.390. The van der Waals surface area contributed by atoms with Crippen molar-refractivity contribution in [1.29, 1.82) is 0 Å². The summed E-state index contributed by atoms with van der Waals surface area (Å²) in [5.41, 5.74) is 1.27. The third-order valence-electron chi connectivity index (χ3n) is 2.35. The second-order valence-electron chi connectivity index (χ2n) is 3.29. The fourth-order valence-electron chi connectivity index (χ4n) is 1.75. The average molecular weight is 276 g/mol. The topological polar surface area (TPSA) is 49.3 Å². The van der Waals surface area contributed by atoms with E-state index in [9.17, 15) is 4.79 Å². The highest BCUT2D eigenvalue weighted by molar-refractivity contribution is 9.11. The van der Waals surface area contributed by atoms with Crippen LogP contribution in [-0.2, 0) is 11.2 Å². The van der Waals surface area contributed by atoms with Crippen LogP contribution in [0.25, 0.3) is 0 Å². The first-order chi connectivity index (χ1) is 6.66. The SMILES string of the molecule is O=C(O)CNC1CCc2sc(Br)cc21. The molecule has 0 bridgehead atoms. The number of thiophene rings is 1. The van der Waals surface area contributed by atoms with Crippen molar-refractivity contribution in [2.75, 3.05) is 6.54 Å². The number of carboxylic acids is 1. The van der Waals surface area contributed by atoms with Crippen molar-refractivity contribution in [2.24, 2.45) is 0 Å². The first kappa shape index (κ1) is 10.1. The van der Waals surface area contributed by atoms with E-state index in [1.54, 1.807) is 11.3 Å². The zero-order chi connectivity index (χ0) is 10.1. The normalized spacial score (nSPS) is 19.6. The first-order valence-electron chi connectivity index (χ1n) is 4.40. The quantitative estimate of drug-likeness (QED) is 0.889. The van der Waals surface area contributed by atoms with Crippen LogP contribution in [0, 0.1) is 0 Å². The van der Waals surface area contributed by atoms with Crippen LogP contribution in [0.4, 0.5) is 0 Å². The highest BCUT2D eigenvalue weighted by Gasteiger charge is 2.24. The largest absolute Gasteiger partial charge is 0.480 e. The molecule has 3 nitrogen and oxygen atoms in total. The van der Waals surface area contributed by atoms with E-state index < -0.39 is 5.97 Å². The van der Waals surface area contributed by atoms with Crippen LogP contribution in [-0.4, -0.2) is 17.6 Å². The molecule has 14 heavy (non-hydrogen) atoms. The predicted octanol–water partition coefficient (Wildman–Crippen LogP) is 2.17. The van der Waals surface area contributed by atoms with Crippen molar-refractivity contribution < 1.29 is 9.90 Å². The van der Waals surface area contributed by atoms with Crippen LogP contribution in [0.2, 0.25) is 0 Å². The van der Waals surface area contributed by atoms with Crippen LogP contribution < -0.4 is 5.32 Å². The number of carboxylic acid groups (broad SMARTS) is 1. The summed E-state index contributed by atoms with van der Waals surface area (Å²) in [5.74, 6) is -0.798. The highest BCUT2D eigenvalue weighted by Crippen LogP contribution is 2.39. The van der Waals surface area contributed by atoms with E-state index in [0.29, 0.717) is 0 Å². The van der Waals surface area contributed by atoms with Gasteiger partial charge in [0.15, 0.2) is 0 Å². The lowest BCUT2D eigenvalue weighted by atomic mass is 10.2. The Balaban J connectivity index is 2.06. The number of hydrogen-bond donors (Lipinski definition) is 2. The minimum absolute atomic E-state index is 0.0393. The van der Waals surface area contributed by atoms with Crippen LogP contribution in [0.1, 0.15) is 22.9 Å². The van der Waals surface area contributed by atoms with Crippen molar-refractivity contribution >= 4 is 33.2 Å². The lowest BCUT2D eigenvalue weighted by Gasteiger charge is -2.10. The maximum Gasteiger partial charge on any atom is 0.317 e. The summed E-state index contributed by atoms with van der Waals surface area (Å²) in [6.07, 6.45) is 2.07. The molecule has 0 aromatic carbocycles. The monoisotopic (exact) mass is 275 g/mol. The fraction of sp³-hybridized carbons (Fsp3) is 0.444. The summed E-state index contributed by atoms with van der Waals surface area (Å²) < 4.78 is 1.13. The summed E-state index contributed by atoms with van der Waals surface area (Å²) in [7, 11) is 0. The lowest BCUT2D eigenvalue weighted by molar-refractivity contribution is -0.136. The van der Waals surface area contributed by atoms with Crippen molar-refractivity contribution in [1.82, 2.24) is 5.32 Å². The molecule has 2 N–H and O–H groups in total. The maximum atomic E-state index is 10.4. The zero-order valence-electron chi connectivity index (χ0n) is 7.42. The van der Waals surface area contributed by atoms with Crippen molar-refractivity contribution in [3.8, 4) is 0 Å². The third-order valence-corrected chi connectivity index (χ3v) is 4.06. The Morgan fingerprint density at radius 2 is 2.57 bits per heavy atom. The molecule has 1 heterocycles. The van der Waals surface area contributed by atoms with Gasteiger partial charge in [-0.15, -0.1) is 11.3 Å². The van der Waals surface area contributed by atoms with Crippen LogP contribution >= 0.6 is 27.3 Å². The van der Waals surface area contributed by atoms with Gasteiger partial charge in [0, 0.05) is 10.9 Å². The second kappa shape index (κ2) is 4.00. The lowest BCUT2D eigenvalue weighted by Crippen LogP contribution is -2.25. The van der Waals surface area contributed by atoms with E-state index in [-0.39, 0.29) is 12.6 Å². The van der Waals surface area contributed by atoms with E-state index >= 15 is 0 Å². The number of halogens is 1. The van der Waals surface area contributed by atoms with Gasteiger partial charge in [-0.2, -0.15) is 0 Å². The van der Waals surface area contributed by atoms with Crippen LogP contribution in [0.3, 0.4) is 0 Å². The molecule has 1 aliphatic rings. The third kappa shape index (κ3) is 1.99. The molecular weight excluding hydrogens is 266 g/mol. The van der Waals surface area contributed by atoms with E-state index in [1.165, 1.54) is 10.4 Å². The highest BCUT2D eigenvalue weighted by atomic mass is 79.9. The first-order valence-corrected chi connectivity index (χ1v) is 6.01.